The number of anilines is 1. The summed E-state index contributed by atoms with van der Waals surface area (Å²) in [5.74, 6) is -1.67. The molecule has 6 nitrogen and oxygen atoms in total. The van der Waals surface area contributed by atoms with Crippen molar-refractivity contribution in [1.29, 1.82) is 5.26 Å². The molecule has 21 heavy (non-hydrogen) atoms. The zero-order valence-electron chi connectivity index (χ0n) is 11.7. The quantitative estimate of drug-likeness (QED) is 0.776. The predicted molar refractivity (Wildman–Crippen MR) is 74.2 cm³/mol. The van der Waals surface area contributed by atoms with Crippen molar-refractivity contribution in [3.8, 4) is 6.07 Å². The van der Waals surface area contributed by atoms with E-state index >= 15 is 0 Å². The number of nitrogens with one attached hydrogen (secondary N) is 2. The number of aliphatic carboxylic acids is 1. The summed E-state index contributed by atoms with van der Waals surface area (Å²) in [6.45, 7) is 3.38. The molecule has 0 radical (unpaired) electrons. The van der Waals surface area contributed by atoms with Gasteiger partial charge in [0.25, 0.3) is 0 Å². The Morgan fingerprint density at radius 1 is 1.43 bits per heavy atom. The fourth-order valence-electron chi connectivity index (χ4n) is 1.64. The van der Waals surface area contributed by atoms with Crippen LogP contribution in [-0.2, 0) is 4.79 Å². The third-order valence-electron chi connectivity index (χ3n) is 2.76. The Bertz CT molecular complexity index is 594. The maximum absolute atomic E-state index is 13.4. The molecular weight excluding hydrogens is 277 g/mol. The number of carboxylic acid groups (broad SMARTS) is 1. The van der Waals surface area contributed by atoms with E-state index in [0.717, 1.165) is 6.07 Å². The van der Waals surface area contributed by atoms with Crippen LogP contribution in [0.4, 0.5) is 14.9 Å². The second-order valence-electron chi connectivity index (χ2n) is 5.16. The Hall–Kier alpha value is -2.62. The SMILES string of the molecule is CC(C)(CCC(=O)O)NC(=O)Nc1ccc(C#N)c(F)c1. The molecule has 0 fully saturated rings. The third kappa shape index (κ3) is 5.48. The van der Waals surface area contributed by atoms with E-state index < -0.39 is 23.4 Å². The fourth-order valence-corrected chi connectivity index (χ4v) is 1.64. The number of carboxylic acids is 1. The van der Waals surface area contributed by atoms with Crippen LogP contribution in [0.25, 0.3) is 0 Å². The van der Waals surface area contributed by atoms with Crippen molar-refractivity contribution in [3.63, 3.8) is 0 Å². The molecule has 0 aliphatic heterocycles. The lowest BCUT2D eigenvalue weighted by Crippen LogP contribution is -2.45. The molecule has 0 saturated carbocycles. The molecule has 0 aliphatic carbocycles. The molecule has 7 heteroatoms. The van der Waals surface area contributed by atoms with Gasteiger partial charge in [-0.1, -0.05) is 0 Å². The zero-order valence-corrected chi connectivity index (χ0v) is 11.7. The number of benzene rings is 1. The minimum atomic E-state index is -0.945. The van der Waals surface area contributed by atoms with Crippen molar-refractivity contribution in [2.24, 2.45) is 0 Å². The Kier molecular flexibility index (Phi) is 5.24. The van der Waals surface area contributed by atoms with Crippen molar-refractivity contribution in [2.75, 3.05) is 5.32 Å². The Balaban J connectivity index is 2.63. The highest BCUT2D eigenvalue weighted by atomic mass is 19.1. The van der Waals surface area contributed by atoms with E-state index in [0.29, 0.717) is 0 Å². The second kappa shape index (κ2) is 6.70. The molecule has 0 bridgehead atoms. The highest BCUT2D eigenvalue weighted by molar-refractivity contribution is 5.89. The van der Waals surface area contributed by atoms with E-state index in [4.69, 9.17) is 10.4 Å². The standard InChI is InChI=1S/C14H16FN3O3/c1-14(2,6-5-12(19)20)18-13(21)17-10-4-3-9(8-16)11(15)7-10/h3-4,7H,5-6H2,1-2H3,(H,19,20)(H2,17,18,21). The van der Waals surface area contributed by atoms with E-state index in [2.05, 4.69) is 10.6 Å². The van der Waals surface area contributed by atoms with Crippen molar-refractivity contribution in [2.45, 2.75) is 32.2 Å². The summed E-state index contributed by atoms with van der Waals surface area (Å²) < 4.78 is 13.4. The summed E-state index contributed by atoms with van der Waals surface area (Å²) in [5, 5.41) is 22.3. The second-order valence-corrected chi connectivity index (χ2v) is 5.16. The van der Waals surface area contributed by atoms with Crippen LogP contribution in [0, 0.1) is 17.1 Å². The first kappa shape index (κ1) is 16.4. The zero-order chi connectivity index (χ0) is 16.0. The molecule has 1 aromatic carbocycles. The van der Waals surface area contributed by atoms with E-state index in [-0.39, 0.29) is 24.1 Å². The van der Waals surface area contributed by atoms with Gasteiger partial charge in [0.15, 0.2) is 0 Å². The molecule has 0 unspecified atom stereocenters. The Morgan fingerprint density at radius 2 is 2.10 bits per heavy atom. The molecule has 0 aliphatic rings. The summed E-state index contributed by atoms with van der Waals surface area (Å²) in [7, 11) is 0. The number of amides is 2. The third-order valence-corrected chi connectivity index (χ3v) is 2.76. The summed E-state index contributed by atoms with van der Waals surface area (Å²) in [6.07, 6.45) is 0.191. The Labute approximate surface area is 121 Å². The largest absolute Gasteiger partial charge is 0.481 e. The Morgan fingerprint density at radius 3 is 2.62 bits per heavy atom. The fraction of sp³-hybridized carbons (Fsp3) is 0.357. The van der Waals surface area contributed by atoms with Crippen LogP contribution < -0.4 is 10.6 Å². The lowest BCUT2D eigenvalue weighted by atomic mass is 9.99. The van der Waals surface area contributed by atoms with Crippen LogP contribution in [0.5, 0.6) is 0 Å². The van der Waals surface area contributed by atoms with E-state index in [9.17, 15) is 14.0 Å². The number of rotatable bonds is 5. The normalized spacial score (nSPS) is 10.6. The van der Waals surface area contributed by atoms with Crippen molar-refractivity contribution < 1.29 is 19.1 Å². The van der Waals surface area contributed by atoms with Crippen LogP contribution in [0.1, 0.15) is 32.3 Å². The number of hydrogen-bond donors (Lipinski definition) is 3. The molecule has 1 aromatic rings. The number of hydrogen-bond acceptors (Lipinski definition) is 3. The predicted octanol–water partition coefficient (Wildman–Crippen LogP) is 2.46. The molecule has 2 amide bonds. The molecule has 0 aromatic heterocycles. The topological polar surface area (TPSA) is 102 Å². The summed E-state index contributed by atoms with van der Waals surface area (Å²) >= 11 is 0. The molecular formula is C14H16FN3O3. The highest BCUT2D eigenvalue weighted by Crippen LogP contribution is 2.15. The number of carbonyl (C=O) groups excluding carboxylic acids is 1. The van der Waals surface area contributed by atoms with Crippen LogP contribution >= 0.6 is 0 Å². The van der Waals surface area contributed by atoms with Crippen molar-refractivity contribution in [1.82, 2.24) is 5.32 Å². The van der Waals surface area contributed by atoms with Crippen LogP contribution in [0.2, 0.25) is 0 Å². The van der Waals surface area contributed by atoms with Gasteiger partial charge in [-0.3, -0.25) is 4.79 Å². The van der Waals surface area contributed by atoms with Crippen LogP contribution in [0.15, 0.2) is 18.2 Å². The summed E-state index contributed by atoms with van der Waals surface area (Å²) in [6, 6.07) is 4.82. The smallest absolute Gasteiger partial charge is 0.319 e. The molecule has 0 atom stereocenters. The van der Waals surface area contributed by atoms with Gasteiger partial charge in [-0.25, -0.2) is 9.18 Å². The van der Waals surface area contributed by atoms with E-state index in [1.807, 2.05) is 0 Å². The highest BCUT2D eigenvalue weighted by Gasteiger charge is 2.21. The first-order valence-corrected chi connectivity index (χ1v) is 6.24. The number of nitriles is 1. The van der Waals surface area contributed by atoms with Gasteiger partial charge in [0, 0.05) is 17.6 Å². The maximum Gasteiger partial charge on any atom is 0.319 e. The van der Waals surface area contributed by atoms with Crippen molar-refractivity contribution in [3.05, 3.63) is 29.6 Å². The average Bonchev–Trinajstić information content (AvgIpc) is 2.36. The van der Waals surface area contributed by atoms with Gasteiger partial charge in [-0.15, -0.1) is 0 Å². The van der Waals surface area contributed by atoms with Crippen molar-refractivity contribution >= 4 is 17.7 Å². The molecule has 112 valence electrons. The number of carbonyl (C=O) groups is 2. The number of halogens is 1. The van der Waals surface area contributed by atoms with E-state index in [1.54, 1.807) is 19.9 Å². The molecule has 1 rings (SSSR count). The minimum Gasteiger partial charge on any atom is -0.481 e. The van der Waals surface area contributed by atoms with Gasteiger partial charge in [0.05, 0.1) is 5.56 Å². The van der Waals surface area contributed by atoms with Crippen LogP contribution in [0.3, 0.4) is 0 Å². The first-order valence-electron chi connectivity index (χ1n) is 6.24. The summed E-state index contributed by atoms with van der Waals surface area (Å²) in [4.78, 5) is 22.3. The monoisotopic (exact) mass is 293 g/mol. The van der Waals surface area contributed by atoms with Crippen LogP contribution in [-0.4, -0.2) is 22.6 Å². The van der Waals surface area contributed by atoms with Gasteiger partial charge >= 0.3 is 12.0 Å². The maximum atomic E-state index is 13.4. The van der Waals surface area contributed by atoms with E-state index in [1.165, 1.54) is 12.1 Å². The molecule has 0 spiro atoms. The number of urea groups is 1. The lowest BCUT2D eigenvalue weighted by Gasteiger charge is -2.25. The molecule has 0 heterocycles. The van der Waals surface area contributed by atoms with Gasteiger partial charge in [-0.05, 0) is 38.5 Å². The average molecular weight is 293 g/mol. The van der Waals surface area contributed by atoms with Gasteiger partial charge in [-0.2, -0.15) is 5.26 Å². The molecule has 0 saturated heterocycles. The van der Waals surface area contributed by atoms with Gasteiger partial charge < -0.3 is 15.7 Å². The lowest BCUT2D eigenvalue weighted by molar-refractivity contribution is -0.137. The first-order chi connectivity index (χ1) is 9.73. The van der Waals surface area contributed by atoms with Gasteiger partial charge in [0.2, 0.25) is 0 Å². The summed E-state index contributed by atoms with van der Waals surface area (Å²) in [5.41, 5.74) is -0.617. The number of nitrogens with zero attached hydrogens (tertiary/aromatic N) is 1. The minimum absolute atomic E-state index is 0.0707. The van der Waals surface area contributed by atoms with Gasteiger partial charge in [0.1, 0.15) is 11.9 Å². The molecule has 3 N–H and O–H groups in total.